The second-order valence-corrected chi connectivity index (χ2v) is 5.04. The van der Waals surface area contributed by atoms with Gasteiger partial charge in [0.1, 0.15) is 0 Å². The summed E-state index contributed by atoms with van der Waals surface area (Å²) in [5.41, 5.74) is 9.78. The summed E-state index contributed by atoms with van der Waals surface area (Å²) < 4.78 is 0. The molecule has 1 aliphatic rings. The number of nitrogens with zero attached hydrogens (tertiary/aromatic N) is 1. The molecule has 0 aliphatic carbocycles. The van der Waals surface area contributed by atoms with Crippen LogP contribution in [0.5, 0.6) is 0 Å². The summed E-state index contributed by atoms with van der Waals surface area (Å²) >= 11 is 1.66. The Kier molecular flexibility index (Phi) is 3.00. The van der Waals surface area contributed by atoms with Gasteiger partial charge in [-0.15, -0.1) is 0 Å². The largest absolute Gasteiger partial charge is 0.379 e. The minimum Gasteiger partial charge on any atom is -0.379 e. The van der Waals surface area contributed by atoms with E-state index >= 15 is 0 Å². The van der Waals surface area contributed by atoms with Crippen LogP contribution in [-0.4, -0.2) is 10.9 Å². The van der Waals surface area contributed by atoms with E-state index in [9.17, 15) is 0 Å². The van der Waals surface area contributed by atoms with Gasteiger partial charge in [0.15, 0.2) is 5.17 Å². The van der Waals surface area contributed by atoms with Crippen LogP contribution in [0.2, 0.25) is 0 Å². The molecule has 80 valence electrons. The lowest BCUT2D eigenvalue weighted by Crippen LogP contribution is -2.16. The van der Waals surface area contributed by atoms with Crippen molar-refractivity contribution in [1.29, 1.82) is 0 Å². The monoisotopic (exact) mass is 220 g/mol. The van der Waals surface area contributed by atoms with Crippen molar-refractivity contribution in [2.45, 2.75) is 26.3 Å². The molecule has 1 atom stereocenters. The molecule has 3 heteroatoms. The van der Waals surface area contributed by atoms with E-state index in [2.05, 4.69) is 37.0 Å². The first-order chi connectivity index (χ1) is 7.18. The number of rotatable bonds is 1. The number of benzene rings is 1. The maximum absolute atomic E-state index is 5.78. The molecule has 2 rings (SSSR count). The van der Waals surface area contributed by atoms with Gasteiger partial charge in [-0.2, -0.15) is 0 Å². The van der Waals surface area contributed by atoms with Crippen molar-refractivity contribution in [3.8, 4) is 0 Å². The molecule has 0 spiro atoms. The summed E-state index contributed by atoms with van der Waals surface area (Å²) in [6, 6.07) is 6.66. The molecule has 0 saturated carbocycles. The first-order valence-electron chi connectivity index (χ1n) is 5.20. The van der Waals surface area contributed by atoms with Crippen LogP contribution in [0.1, 0.15) is 29.2 Å². The molecular weight excluding hydrogens is 204 g/mol. The lowest BCUT2D eigenvalue weighted by Gasteiger charge is -2.21. The van der Waals surface area contributed by atoms with E-state index in [0.717, 1.165) is 17.3 Å². The lowest BCUT2D eigenvalue weighted by atomic mass is 9.95. The predicted molar refractivity (Wildman–Crippen MR) is 67.4 cm³/mol. The Morgan fingerprint density at radius 3 is 2.60 bits per heavy atom. The maximum Gasteiger partial charge on any atom is 0.154 e. The van der Waals surface area contributed by atoms with Gasteiger partial charge in [-0.1, -0.05) is 30.0 Å². The fourth-order valence-corrected chi connectivity index (χ4v) is 2.84. The average molecular weight is 220 g/mol. The first-order valence-corrected chi connectivity index (χ1v) is 6.19. The Hall–Kier alpha value is -0.960. The highest BCUT2D eigenvalue weighted by molar-refractivity contribution is 8.13. The number of thioether (sulfide) groups is 1. The standard InChI is InChI=1S/C12H16N2S/c1-8-4-3-5-9(2)11(8)10-6-7-15-12(13)14-10/h3-5,10H,6-7H2,1-2H3,(H2,13,14). The highest BCUT2D eigenvalue weighted by Gasteiger charge is 2.18. The van der Waals surface area contributed by atoms with Crippen LogP contribution in [0.3, 0.4) is 0 Å². The average Bonchev–Trinajstić information content (AvgIpc) is 2.17. The minimum atomic E-state index is 0.271. The summed E-state index contributed by atoms with van der Waals surface area (Å²) in [6.45, 7) is 4.30. The molecule has 0 radical (unpaired) electrons. The van der Waals surface area contributed by atoms with Crippen LogP contribution in [0, 0.1) is 13.8 Å². The van der Waals surface area contributed by atoms with Gasteiger partial charge < -0.3 is 5.73 Å². The fourth-order valence-electron chi connectivity index (χ4n) is 2.09. The Morgan fingerprint density at radius 1 is 1.33 bits per heavy atom. The van der Waals surface area contributed by atoms with Crippen molar-refractivity contribution >= 4 is 16.9 Å². The number of aryl methyl sites for hydroxylation is 2. The smallest absolute Gasteiger partial charge is 0.154 e. The Balaban J connectivity index is 2.41. The van der Waals surface area contributed by atoms with E-state index in [1.807, 2.05) is 0 Å². The summed E-state index contributed by atoms with van der Waals surface area (Å²) in [6.07, 6.45) is 1.09. The number of hydrogen-bond acceptors (Lipinski definition) is 3. The molecule has 1 aliphatic heterocycles. The Morgan fingerprint density at radius 2 is 2.00 bits per heavy atom. The Labute approximate surface area is 95.0 Å². The van der Waals surface area contributed by atoms with Gasteiger partial charge >= 0.3 is 0 Å². The summed E-state index contributed by atoms with van der Waals surface area (Å²) in [5.74, 6) is 1.08. The van der Waals surface area contributed by atoms with Crippen LogP contribution in [0.25, 0.3) is 0 Å². The molecule has 1 unspecified atom stereocenters. The van der Waals surface area contributed by atoms with E-state index in [1.54, 1.807) is 11.8 Å². The van der Waals surface area contributed by atoms with Crippen LogP contribution in [-0.2, 0) is 0 Å². The SMILES string of the molecule is Cc1cccc(C)c1C1CCSC(N)=N1. The van der Waals surface area contributed by atoms with Crippen molar-refractivity contribution in [2.24, 2.45) is 10.7 Å². The maximum atomic E-state index is 5.78. The van der Waals surface area contributed by atoms with Crippen LogP contribution in [0.4, 0.5) is 0 Å². The highest BCUT2D eigenvalue weighted by atomic mass is 32.2. The second kappa shape index (κ2) is 4.27. The zero-order valence-corrected chi connectivity index (χ0v) is 9.97. The van der Waals surface area contributed by atoms with Crippen molar-refractivity contribution in [1.82, 2.24) is 0 Å². The van der Waals surface area contributed by atoms with E-state index in [0.29, 0.717) is 0 Å². The van der Waals surface area contributed by atoms with Gasteiger partial charge in [0.05, 0.1) is 6.04 Å². The van der Waals surface area contributed by atoms with Crippen LogP contribution < -0.4 is 5.73 Å². The summed E-state index contributed by atoms with van der Waals surface area (Å²) in [4.78, 5) is 4.53. The molecule has 2 nitrogen and oxygen atoms in total. The molecular formula is C12H16N2S. The molecule has 1 aromatic rings. The van der Waals surface area contributed by atoms with Gasteiger partial charge in [-0.25, -0.2) is 0 Å². The van der Waals surface area contributed by atoms with Crippen molar-refractivity contribution < 1.29 is 0 Å². The van der Waals surface area contributed by atoms with E-state index < -0.39 is 0 Å². The number of hydrogen-bond donors (Lipinski definition) is 1. The fraction of sp³-hybridized carbons (Fsp3) is 0.417. The van der Waals surface area contributed by atoms with E-state index in [4.69, 9.17) is 5.73 Å². The predicted octanol–water partition coefficient (Wildman–Crippen LogP) is 2.80. The van der Waals surface area contributed by atoms with E-state index in [1.165, 1.54) is 16.7 Å². The molecule has 0 aromatic heterocycles. The third kappa shape index (κ3) is 2.17. The van der Waals surface area contributed by atoms with Gasteiger partial charge in [0, 0.05) is 5.75 Å². The third-order valence-corrected chi connectivity index (χ3v) is 3.64. The molecule has 0 bridgehead atoms. The second-order valence-electron chi connectivity index (χ2n) is 3.93. The van der Waals surface area contributed by atoms with Crippen molar-refractivity contribution in [3.63, 3.8) is 0 Å². The van der Waals surface area contributed by atoms with Gasteiger partial charge in [0.2, 0.25) is 0 Å². The topological polar surface area (TPSA) is 38.4 Å². The minimum absolute atomic E-state index is 0.271. The van der Waals surface area contributed by atoms with Crippen LogP contribution >= 0.6 is 11.8 Å². The number of amidine groups is 1. The van der Waals surface area contributed by atoms with Gasteiger partial charge in [-0.3, -0.25) is 4.99 Å². The van der Waals surface area contributed by atoms with Gasteiger partial charge in [0.25, 0.3) is 0 Å². The van der Waals surface area contributed by atoms with Crippen molar-refractivity contribution in [2.75, 3.05) is 5.75 Å². The first kappa shape index (κ1) is 10.6. The molecule has 1 heterocycles. The molecule has 0 amide bonds. The number of nitrogens with two attached hydrogens (primary N) is 1. The number of aliphatic imine (C=N–C) groups is 1. The normalized spacial score (nSPS) is 21.2. The third-order valence-electron chi connectivity index (χ3n) is 2.80. The molecule has 15 heavy (non-hydrogen) atoms. The molecule has 1 aromatic carbocycles. The molecule has 0 saturated heterocycles. The van der Waals surface area contributed by atoms with E-state index in [-0.39, 0.29) is 6.04 Å². The van der Waals surface area contributed by atoms with Gasteiger partial charge in [-0.05, 0) is 37.0 Å². The summed E-state index contributed by atoms with van der Waals surface area (Å²) in [5, 5.41) is 0.730. The zero-order chi connectivity index (χ0) is 10.8. The van der Waals surface area contributed by atoms with Crippen LogP contribution in [0.15, 0.2) is 23.2 Å². The lowest BCUT2D eigenvalue weighted by molar-refractivity contribution is 0.694. The quantitative estimate of drug-likeness (QED) is 0.790. The Bertz CT molecular complexity index is 378. The molecule has 2 N–H and O–H groups in total. The van der Waals surface area contributed by atoms with Crippen molar-refractivity contribution in [3.05, 3.63) is 34.9 Å². The molecule has 0 fully saturated rings. The summed E-state index contributed by atoms with van der Waals surface area (Å²) in [7, 11) is 0. The zero-order valence-electron chi connectivity index (χ0n) is 9.16. The highest BCUT2D eigenvalue weighted by Crippen LogP contribution is 2.32.